The molecule has 0 saturated heterocycles. The second-order valence-electron chi connectivity index (χ2n) is 6.00. The van der Waals surface area contributed by atoms with Crippen molar-refractivity contribution in [2.24, 2.45) is 4.99 Å². The van der Waals surface area contributed by atoms with Crippen molar-refractivity contribution in [3.05, 3.63) is 53.6 Å². The SMILES string of the molecule is CCNC(=NCc1ccccc1OC(F)(F)F)NCCc1cccc(OC)c1O.I. The smallest absolute Gasteiger partial charge is 0.504 e. The zero-order valence-electron chi connectivity index (χ0n) is 16.6. The highest BCUT2D eigenvalue weighted by atomic mass is 127. The van der Waals surface area contributed by atoms with Crippen molar-refractivity contribution >= 4 is 29.9 Å². The number of phenols is 1. The molecule has 6 nitrogen and oxygen atoms in total. The van der Waals surface area contributed by atoms with Gasteiger partial charge in [-0.25, -0.2) is 4.99 Å². The first-order valence-corrected chi connectivity index (χ1v) is 9.04. The third-order valence-corrected chi connectivity index (χ3v) is 3.94. The predicted octanol–water partition coefficient (Wildman–Crippen LogP) is 4.22. The molecule has 0 heterocycles. The van der Waals surface area contributed by atoms with Gasteiger partial charge in [0.2, 0.25) is 0 Å². The lowest BCUT2D eigenvalue weighted by Crippen LogP contribution is -2.38. The summed E-state index contributed by atoms with van der Waals surface area (Å²) in [6.45, 7) is 2.92. The summed E-state index contributed by atoms with van der Waals surface area (Å²) in [5, 5.41) is 16.3. The summed E-state index contributed by atoms with van der Waals surface area (Å²) in [5.41, 5.74) is 1.02. The van der Waals surface area contributed by atoms with E-state index >= 15 is 0 Å². The number of nitrogens with one attached hydrogen (secondary N) is 2. The minimum atomic E-state index is -4.76. The summed E-state index contributed by atoms with van der Waals surface area (Å²) in [6, 6.07) is 11.1. The molecule has 0 aliphatic carbocycles. The van der Waals surface area contributed by atoms with E-state index in [1.807, 2.05) is 6.92 Å². The molecule has 0 bridgehead atoms. The summed E-state index contributed by atoms with van der Waals surface area (Å²) in [7, 11) is 1.48. The van der Waals surface area contributed by atoms with E-state index in [1.165, 1.54) is 25.3 Å². The van der Waals surface area contributed by atoms with Crippen LogP contribution in [0.15, 0.2) is 47.5 Å². The van der Waals surface area contributed by atoms with E-state index in [0.717, 1.165) is 0 Å². The summed E-state index contributed by atoms with van der Waals surface area (Å²) in [6.07, 6.45) is -4.26. The van der Waals surface area contributed by atoms with E-state index < -0.39 is 6.36 Å². The topological polar surface area (TPSA) is 75.1 Å². The van der Waals surface area contributed by atoms with Gasteiger partial charge in [-0.2, -0.15) is 0 Å². The van der Waals surface area contributed by atoms with Gasteiger partial charge in [-0.05, 0) is 31.0 Å². The van der Waals surface area contributed by atoms with Gasteiger partial charge in [-0.1, -0.05) is 30.3 Å². The van der Waals surface area contributed by atoms with E-state index in [9.17, 15) is 18.3 Å². The van der Waals surface area contributed by atoms with Crippen LogP contribution in [0, 0.1) is 0 Å². The highest BCUT2D eigenvalue weighted by Gasteiger charge is 2.31. The summed E-state index contributed by atoms with van der Waals surface area (Å²) >= 11 is 0. The molecule has 0 atom stereocenters. The van der Waals surface area contributed by atoms with Crippen LogP contribution in [0.1, 0.15) is 18.1 Å². The summed E-state index contributed by atoms with van der Waals surface area (Å²) in [5.74, 6) is 0.638. The molecule has 0 aromatic heterocycles. The Balaban J connectivity index is 0.00000450. The van der Waals surface area contributed by atoms with Crippen LogP contribution in [0.25, 0.3) is 0 Å². The predicted molar refractivity (Wildman–Crippen MR) is 120 cm³/mol. The van der Waals surface area contributed by atoms with Gasteiger partial charge in [-0.15, -0.1) is 37.1 Å². The Bertz CT molecular complexity index is 832. The normalized spacial score (nSPS) is 11.4. The molecule has 0 amide bonds. The molecule has 0 spiro atoms. The number of guanidine groups is 1. The average molecular weight is 539 g/mol. The molecule has 2 aromatic rings. The van der Waals surface area contributed by atoms with Gasteiger partial charge >= 0.3 is 6.36 Å². The number of hydrogen-bond donors (Lipinski definition) is 3. The molecule has 30 heavy (non-hydrogen) atoms. The van der Waals surface area contributed by atoms with Crippen LogP contribution in [0.3, 0.4) is 0 Å². The number of halogens is 4. The number of aromatic hydroxyl groups is 1. The van der Waals surface area contributed by atoms with Crippen molar-refractivity contribution < 1.29 is 27.8 Å². The first kappa shape index (κ1) is 25.7. The molecule has 3 N–H and O–H groups in total. The van der Waals surface area contributed by atoms with E-state index in [4.69, 9.17) is 4.74 Å². The highest BCUT2D eigenvalue weighted by molar-refractivity contribution is 14.0. The molecular weight excluding hydrogens is 514 g/mol. The van der Waals surface area contributed by atoms with Gasteiger partial charge < -0.3 is 25.2 Å². The lowest BCUT2D eigenvalue weighted by molar-refractivity contribution is -0.274. The molecule has 0 aliphatic rings. The number of para-hydroxylation sites is 2. The second kappa shape index (κ2) is 12.4. The number of phenolic OH excluding ortho intramolecular Hbond substituents is 1. The van der Waals surface area contributed by atoms with Gasteiger partial charge in [0, 0.05) is 18.7 Å². The van der Waals surface area contributed by atoms with Crippen molar-refractivity contribution in [1.82, 2.24) is 10.6 Å². The molecule has 0 saturated carbocycles. The number of aliphatic imine (C=N–C) groups is 1. The van der Waals surface area contributed by atoms with Crippen molar-refractivity contribution in [2.75, 3.05) is 20.2 Å². The minimum Gasteiger partial charge on any atom is -0.504 e. The number of rotatable bonds is 8. The Labute approximate surface area is 190 Å². The van der Waals surface area contributed by atoms with Gasteiger partial charge in [0.1, 0.15) is 5.75 Å². The fourth-order valence-electron chi connectivity index (χ4n) is 2.61. The lowest BCUT2D eigenvalue weighted by atomic mass is 10.1. The van der Waals surface area contributed by atoms with Gasteiger partial charge in [-0.3, -0.25) is 0 Å². The monoisotopic (exact) mass is 539 g/mol. The Hall–Kier alpha value is -2.37. The van der Waals surface area contributed by atoms with Crippen LogP contribution in [-0.4, -0.2) is 37.6 Å². The minimum absolute atomic E-state index is 0. The van der Waals surface area contributed by atoms with Gasteiger partial charge in [0.15, 0.2) is 17.5 Å². The van der Waals surface area contributed by atoms with Crippen molar-refractivity contribution in [3.8, 4) is 17.2 Å². The van der Waals surface area contributed by atoms with E-state index in [1.54, 1.807) is 24.3 Å². The zero-order valence-corrected chi connectivity index (χ0v) is 19.0. The molecule has 10 heteroatoms. The maximum atomic E-state index is 12.5. The van der Waals surface area contributed by atoms with Gasteiger partial charge in [0.05, 0.1) is 13.7 Å². The van der Waals surface area contributed by atoms with Crippen LogP contribution in [-0.2, 0) is 13.0 Å². The number of benzene rings is 2. The van der Waals surface area contributed by atoms with Crippen molar-refractivity contribution in [1.29, 1.82) is 0 Å². The maximum absolute atomic E-state index is 12.5. The molecule has 166 valence electrons. The van der Waals surface area contributed by atoms with Crippen LogP contribution < -0.4 is 20.1 Å². The fraction of sp³-hybridized carbons (Fsp3) is 0.350. The summed E-state index contributed by atoms with van der Waals surface area (Å²) < 4.78 is 46.8. The molecule has 0 unspecified atom stereocenters. The Morgan fingerprint density at radius 1 is 1.03 bits per heavy atom. The summed E-state index contributed by atoms with van der Waals surface area (Å²) in [4.78, 5) is 4.32. The molecule has 2 rings (SSSR count). The number of alkyl halides is 3. The first-order chi connectivity index (χ1) is 13.8. The van der Waals surface area contributed by atoms with E-state index in [0.29, 0.717) is 42.3 Å². The molecular formula is C20H25F3IN3O3. The zero-order chi connectivity index (χ0) is 21.3. The lowest BCUT2D eigenvalue weighted by Gasteiger charge is -2.14. The second-order valence-corrected chi connectivity index (χ2v) is 6.00. The van der Waals surface area contributed by atoms with Crippen molar-refractivity contribution in [3.63, 3.8) is 0 Å². The van der Waals surface area contributed by atoms with Gasteiger partial charge in [0.25, 0.3) is 0 Å². The largest absolute Gasteiger partial charge is 0.573 e. The molecule has 2 aromatic carbocycles. The van der Waals surface area contributed by atoms with Crippen LogP contribution >= 0.6 is 24.0 Å². The number of nitrogens with zero attached hydrogens (tertiary/aromatic N) is 1. The fourth-order valence-corrected chi connectivity index (χ4v) is 2.61. The van der Waals surface area contributed by atoms with Crippen molar-refractivity contribution in [2.45, 2.75) is 26.3 Å². The molecule has 0 fully saturated rings. The average Bonchev–Trinajstić information content (AvgIpc) is 2.67. The Morgan fingerprint density at radius 2 is 1.70 bits per heavy atom. The Kier molecular flexibility index (Phi) is 10.6. The third kappa shape index (κ3) is 8.17. The molecule has 0 radical (unpaired) electrons. The molecule has 0 aliphatic heterocycles. The number of ether oxygens (including phenoxy) is 2. The third-order valence-electron chi connectivity index (χ3n) is 3.94. The standard InChI is InChI=1S/C20H24F3N3O3.HI/c1-3-24-19(25-12-11-14-8-6-10-17(28-2)18(14)27)26-13-15-7-4-5-9-16(15)29-20(21,22)23;/h4-10,27H,3,11-13H2,1-2H3,(H2,24,25,26);1H. The Morgan fingerprint density at radius 3 is 2.37 bits per heavy atom. The maximum Gasteiger partial charge on any atom is 0.573 e. The van der Waals surface area contributed by atoms with Crippen LogP contribution in [0.2, 0.25) is 0 Å². The first-order valence-electron chi connectivity index (χ1n) is 9.04. The van der Waals surface area contributed by atoms with Crippen LogP contribution in [0.4, 0.5) is 13.2 Å². The number of methoxy groups -OCH3 is 1. The van der Waals surface area contributed by atoms with Crippen LogP contribution in [0.5, 0.6) is 17.2 Å². The quantitative estimate of drug-likeness (QED) is 0.266. The highest BCUT2D eigenvalue weighted by Crippen LogP contribution is 2.29. The van der Waals surface area contributed by atoms with E-state index in [2.05, 4.69) is 20.4 Å². The van der Waals surface area contributed by atoms with E-state index in [-0.39, 0.29) is 42.0 Å². The number of hydrogen-bond acceptors (Lipinski definition) is 4.